The fraction of sp³-hybridized carbons (Fsp3) is 0.611. The number of carbonyl (C=O) groups excluding carboxylic acids is 1. The molecule has 1 unspecified atom stereocenters. The number of amides is 1. The van der Waals surface area contributed by atoms with Gasteiger partial charge in [-0.3, -0.25) is 4.79 Å². The Morgan fingerprint density at radius 1 is 1.21 bits per heavy atom. The highest BCUT2D eigenvalue weighted by molar-refractivity contribution is 8.00. The molecule has 0 spiro atoms. The molecule has 0 saturated carbocycles. The summed E-state index contributed by atoms with van der Waals surface area (Å²) >= 11 is 1.63. The Kier molecular flexibility index (Phi) is 7.26. The Morgan fingerprint density at radius 3 is 2.33 bits per heavy atom. The monoisotopic (exact) mass is 370 g/mol. The molecule has 24 heavy (non-hydrogen) atoms. The number of nitrogens with one attached hydrogen (secondary N) is 1. The number of carbonyl (C=O) groups is 1. The Hall–Kier alpha value is -0.910. The van der Waals surface area contributed by atoms with Crippen LogP contribution in [-0.4, -0.2) is 49.3 Å². The number of fused-ring (bicyclic) bond motifs is 1. The van der Waals surface area contributed by atoms with Crippen molar-refractivity contribution in [2.75, 3.05) is 33.3 Å². The number of halogens is 1. The first-order valence-electron chi connectivity index (χ1n) is 8.47. The van der Waals surface area contributed by atoms with Gasteiger partial charge in [-0.05, 0) is 69.0 Å². The van der Waals surface area contributed by atoms with Crippen LogP contribution in [0.1, 0.15) is 19.8 Å². The first-order chi connectivity index (χ1) is 11.2. The van der Waals surface area contributed by atoms with E-state index in [0.717, 1.165) is 61.5 Å². The minimum atomic E-state index is -0.0422. The third kappa shape index (κ3) is 4.58. The van der Waals surface area contributed by atoms with Crippen LogP contribution < -0.4 is 10.1 Å². The molecule has 0 aromatic heterocycles. The Morgan fingerprint density at radius 2 is 1.79 bits per heavy atom. The molecule has 0 radical (unpaired) electrons. The third-order valence-corrected chi connectivity index (χ3v) is 6.15. The first-order valence-corrected chi connectivity index (χ1v) is 9.35. The van der Waals surface area contributed by atoms with Crippen LogP contribution in [-0.2, 0) is 4.79 Å². The molecule has 2 heterocycles. The number of hydrogen-bond donors (Lipinski definition) is 1. The molecule has 2 aliphatic heterocycles. The third-order valence-electron chi connectivity index (χ3n) is 5.05. The summed E-state index contributed by atoms with van der Waals surface area (Å²) in [5, 5.41) is 3.44. The first kappa shape index (κ1) is 19.4. The molecule has 1 aromatic rings. The van der Waals surface area contributed by atoms with Gasteiger partial charge in [0.15, 0.2) is 0 Å². The van der Waals surface area contributed by atoms with E-state index in [1.165, 1.54) is 0 Å². The van der Waals surface area contributed by atoms with Gasteiger partial charge in [-0.25, -0.2) is 0 Å². The topological polar surface area (TPSA) is 41.6 Å². The van der Waals surface area contributed by atoms with E-state index in [1.54, 1.807) is 18.9 Å². The summed E-state index contributed by atoms with van der Waals surface area (Å²) in [6.07, 6.45) is 2.28. The van der Waals surface area contributed by atoms with Crippen molar-refractivity contribution in [1.82, 2.24) is 10.2 Å². The lowest BCUT2D eigenvalue weighted by Crippen LogP contribution is -2.37. The second-order valence-corrected chi connectivity index (χ2v) is 7.93. The van der Waals surface area contributed by atoms with E-state index in [4.69, 9.17) is 4.74 Å². The van der Waals surface area contributed by atoms with Crippen LogP contribution in [0.5, 0.6) is 5.75 Å². The summed E-state index contributed by atoms with van der Waals surface area (Å²) in [7, 11) is 1.67. The van der Waals surface area contributed by atoms with Gasteiger partial charge in [0, 0.05) is 18.0 Å². The Bertz CT molecular complexity index is 526. The highest BCUT2D eigenvalue weighted by Gasteiger charge is 2.32. The molecule has 3 atom stereocenters. The molecular weight excluding hydrogens is 344 g/mol. The van der Waals surface area contributed by atoms with E-state index >= 15 is 0 Å². The van der Waals surface area contributed by atoms with E-state index in [-0.39, 0.29) is 23.6 Å². The lowest BCUT2D eigenvalue weighted by atomic mass is 9.92. The van der Waals surface area contributed by atoms with Crippen LogP contribution in [0.2, 0.25) is 0 Å². The van der Waals surface area contributed by atoms with Crippen molar-refractivity contribution < 1.29 is 9.53 Å². The fourth-order valence-corrected chi connectivity index (χ4v) is 4.56. The van der Waals surface area contributed by atoms with Gasteiger partial charge >= 0.3 is 0 Å². The SMILES string of the molecule is COc1ccc(SC(C)C(=O)N2CC[C@@H]3CNC[C@@H]3CC2)cc1.Cl. The predicted octanol–water partition coefficient (Wildman–Crippen LogP) is 3.06. The minimum absolute atomic E-state index is 0. The van der Waals surface area contributed by atoms with Gasteiger partial charge in [0.1, 0.15) is 5.75 Å². The predicted molar refractivity (Wildman–Crippen MR) is 101 cm³/mol. The normalized spacial score (nSPS) is 24.5. The quantitative estimate of drug-likeness (QED) is 0.827. The lowest BCUT2D eigenvalue weighted by molar-refractivity contribution is -0.130. The van der Waals surface area contributed by atoms with Gasteiger partial charge in [0.2, 0.25) is 5.91 Å². The van der Waals surface area contributed by atoms with Crippen molar-refractivity contribution in [3.05, 3.63) is 24.3 Å². The maximum absolute atomic E-state index is 12.8. The summed E-state index contributed by atoms with van der Waals surface area (Å²) in [6.45, 7) is 6.10. The van der Waals surface area contributed by atoms with Crippen LogP contribution >= 0.6 is 24.2 Å². The molecule has 134 valence electrons. The van der Waals surface area contributed by atoms with Crippen LogP contribution in [0, 0.1) is 11.8 Å². The number of rotatable bonds is 4. The van der Waals surface area contributed by atoms with Crippen LogP contribution in [0.15, 0.2) is 29.2 Å². The maximum Gasteiger partial charge on any atom is 0.235 e. The van der Waals surface area contributed by atoms with Crippen molar-refractivity contribution in [2.24, 2.45) is 11.8 Å². The van der Waals surface area contributed by atoms with Crippen molar-refractivity contribution in [2.45, 2.75) is 29.9 Å². The number of likely N-dealkylation sites (tertiary alicyclic amines) is 1. The van der Waals surface area contributed by atoms with E-state index in [1.807, 2.05) is 31.2 Å². The molecule has 6 heteroatoms. The van der Waals surface area contributed by atoms with Crippen LogP contribution in [0.4, 0.5) is 0 Å². The molecular formula is C18H27ClN2O2S. The van der Waals surface area contributed by atoms with Gasteiger partial charge in [-0.1, -0.05) is 0 Å². The number of thioether (sulfide) groups is 1. The second-order valence-electron chi connectivity index (χ2n) is 6.52. The molecule has 2 fully saturated rings. The largest absolute Gasteiger partial charge is 0.497 e. The summed E-state index contributed by atoms with van der Waals surface area (Å²) < 4.78 is 5.18. The second kappa shape index (κ2) is 8.97. The standard InChI is InChI=1S/C18H26N2O2S.ClH/c1-13(23-17-5-3-16(22-2)4-6-17)18(21)20-9-7-14-11-19-12-15(14)8-10-20;/h3-6,13-15,19H,7-12H2,1-2H3;1H/t13?,14-,15+;. The van der Waals surface area contributed by atoms with Crippen molar-refractivity contribution >= 4 is 30.1 Å². The van der Waals surface area contributed by atoms with Gasteiger partial charge in [0.05, 0.1) is 12.4 Å². The van der Waals surface area contributed by atoms with Gasteiger partial charge in [-0.2, -0.15) is 0 Å². The molecule has 2 saturated heterocycles. The van der Waals surface area contributed by atoms with Gasteiger partial charge in [-0.15, -0.1) is 24.2 Å². The number of ether oxygens (including phenoxy) is 1. The number of nitrogens with zero attached hydrogens (tertiary/aromatic N) is 1. The molecule has 1 N–H and O–H groups in total. The number of benzene rings is 1. The highest BCUT2D eigenvalue weighted by atomic mass is 35.5. The van der Waals surface area contributed by atoms with E-state index in [9.17, 15) is 4.79 Å². The average molecular weight is 371 g/mol. The average Bonchev–Trinajstić information content (AvgIpc) is 2.93. The molecule has 2 aliphatic rings. The van der Waals surface area contributed by atoms with E-state index in [0.29, 0.717) is 0 Å². The van der Waals surface area contributed by atoms with E-state index in [2.05, 4.69) is 10.2 Å². The molecule has 1 aromatic carbocycles. The lowest BCUT2D eigenvalue weighted by Gasteiger charge is -2.24. The summed E-state index contributed by atoms with van der Waals surface area (Å²) in [5.41, 5.74) is 0. The number of methoxy groups -OCH3 is 1. The van der Waals surface area contributed by atoms with Crippen molar-refractivity contribution in [3.63, 3.8) is 0 Å². The van der Waals surface area contributed by atoms with Crippen LogP contribution in [0.25, 0.3) is 0 Å². The molecule has 0 aliphatic carbocycles. The Balaban J connectivity index is 0.00000208. The van der Waals surface area contributed by atoms with Crippen molar-refractivity contribution in [1.29, 1.82) is 0 Å². The van der Waals surface area contributed by atoms with Crippen molar-refractivity contribution in [3.8, 4) is 5.75 Å². The smallest absolute Gasteiger partial charge is 0.235 e. The molecule has 4 nitrogen and oxygen atoms in total. The summed E-state index contributed by atoms with van der Waals surface area (Å²) in [4.78, 5) is 16.0. The molecule has 3 rings (SSSR count). The zero-order chi connectivity index (χ0) is 16.2. The zero-order valence-corrected chi connectivity index (χ0v) is 16.0. The number of hydrogen-bond acceptors (Lipinski definition) is 4. The maximum atomic E-state index is 12.8. The Labute approximate surface area is 155 Å². The van der Waals surface area contributed by atoms with Crippen LogP contribution in [0.3, 0.4) is 0 Å². The van der Waals surface area contributed by atoms with Gasteiger partial charge in [0.25, 0.3) is 0 Å². The van der Waals surface area contributed by atoms with Gasteiger partial charge < -0.3 is 15.0 Å². The summed E-state index contributed by atoms with van der Waals surface area (Å²) in [5.74, 6) is 2.65. The van der Waals surface area contributed by atoms with E-state index < -0.39 is 0 Å². The molecule has 1 amide bonds. The minimum Gasteiger partial charge on any atom is -0.497 e. The molecule has 0 bridgehead atoms. The highest BCUT2D eigenvalue weighted by Crippen LogP contribution is 2.30. The summed E-state index contributed by atoms with van der Waals surface area (Å²) in [6, 6.07) is 7.93. The fourth-order valence-electron chi connectivity index (χ4n) is 3.60. The zero-order valence-electron chi connectivity index (χ0n) is 14.4.